The van der Waals surface area contributed by atoms with Crippen LogP contribution in [0, 0.1) is 12.3 Å². The Morgan fingerprint density at radius 2 is 0.914 bits per heavy atom. The van der Waals surface area contributed by atoms with E-state index in [4.69, 9.17) is 6.42 Å². The molecular formula is C34H26Si. The summed E-state index contributed by atoms with van der Waals surface area (Å²) in [5.74, 6) is 3.02. The van der Waals surface area contributed by atoms with Gasteiger partial charge in [0.05, 0.1) is 0 Å². The molecule has 0 aliphatic rings. The van der Waals surface area contributed by atoms with Gasteiger partial charge in [-0.3, -0.25) is 0 Å². The molecule has 35 heavy (non-hydrogen) atoms. The Hall–Kier alpha value is -4.38. The molecule has 0 spiro atoms. The van der Waals surface area contributed by atoms with Crippen molar-refractivity contribution in [2.45, 2.75) is 0 Å². The monoisotopic (exact) mass is 462 g/mol. The SMILES string of the molecule is C#Cc1ccc(C=Cc2ccccc2)cc1[Si](c1ccccc1)(c1ccccc1)c1ccccc1. The fourth-order valence-corrected chi connectivity index (χ4v) is 9.84. The van der Waals surface area contributed by atoms with Crippen LogP contribution in [0.2, 0.25) is 0 Å². The molecule has 5 rings (SSSR count). The van der Waals surface area contributed by atoms with Crippen molar-refractivity contribution in [3.8, 4) is 12.3 Å². The smallest absolute Gasteiger partial charge is 0.115 e. The van der Waals surface area contributed by atoms with E-state index in [9.17, 15) is 0 Å². The van der Waals surface area contributed by atoms with Crippen LogP contribution in [0.25, 0.3) is 12.2 Å². The Morgan fingerprint density at radius 3 is 1.37 bits per heavy atom. The van der Waals surface area contributed by atoms with Gasteiger partial charge >= 0.3 is 0 Å². The number of hydrogen-bond donors (Lipinski definition) is 0. The fourth-order valence-electron chi connectivity index (χ4n) is 4.89. The molecule has 0 radical (unpaired) electrons. The first-order valence-electron chi connectivity index (χ1n) is 11.8. The predicted molar refractivity (Wildman–Crippen MR) is 153 cm³/mol. The van der Waals surface area contributed by atoms with Crippen molar-refractivity contribution < 1.29 is 0 Å². The molecule has 0 aliphatic heterocycles. The van der Waals surface area contributed by atoms with E-state index in [1.807, 2.05) is 6.07 Å². The summed E-state index contributed by atoms with van der Waals surface area (Å²) in [6.45, 7) is 0. The minimum absolute atomic E-state index is 0.949. The molecule has 0 aliphatic carbocycles. The molecule has 0 aromatic heterocycles. The van der Waals surface area contributed by atoms with Crippen LogP contribution in [0.1, 0.15) is 16.7 Å². The van der Waals surface area contributed by atoms with Crippen molar-refractivity contribution in [2.75, 3.05) is 0 Å². The second-order valence-electron chi connectivity index (χ2n) is 8.54. The Kier molecular flexibility index (Phi) is 6.57. The van der Waals surface area contributed by atoms with Gasteiger partial charge in [0.2, 0.25) is 0 Å². The van der Waals surface area contributed by atoms with E-state index >= 15 is 0 Å². The van der Waals surface area contributed by atoms with Gasteiger partial charge in [-0.15, -0.1) is 6.42 Å². The lowest BCUT2D eigenvalue weighted by molar-refractivity contribution is 1.62. The lowest BCUT2D eigenvalue weighted by atomic mass is 10.1. The van der Waals surface area contributed by atoms with E-state index in [-0.39, 0.29) is 0 Å². The molecule has 166 valence electrons. The minimum atomic E-state index is -2.68. The Labute approximate surface area is 209 Å². The third-order valence-electron chi connectivity index (χ3n) is 6.49. The lowest BCUT2D eigenvalue weighted by Gasteiger charge is -2.35. The quantitative estimate of drug-likeness (QED) is 0.141. The van der Waals surface area contributed by atoms with Gasteiger partial charge in [-0.2, -0.15) is 0 Å². The highest BCUT2D eigenvalue weighted by Gasteiger charge is 2.42. The summed E-state index contributed by atoms with van der Waals surface area (Å²) in [5.41, 5.74) is 3.26. The number of hydrogen-bond acceptors (Lipinski definition) is 0. The maximum Gasteiger partial charge on any atom is 0.180 e. The zero-order chi connectivity index (χ0) is 23.9. The van der Waals surface area contributed by atoms with E-state index in [2.05, 4.69) is 152 Å². The van der Waals surface area contributed by atoms with E-state index in [1.165, 1.54) is 26.3 Å². The summed E-state index contributed by atoms with van der Waals surface area (Å²) in [4.78, 5) is 0. The van der Waals surface area contributed by atoms with Crippen molar-refractivity contribution in [2.24, 2.45) is 0 Å². The van der Waals surface area contributed by atoms with Gasteiger partial charge in [0.15, 0.2) is 8.07 Å². The van der Waals surface area contributed by atoms with Crippen LogP contribution in [0.5, 0.6) is 0 Å². The Morgan fingerprint density at radius 1 is 0.486 bits per heavy atom. The largest absolute Gasteiger partial charge is 0.180 e. The van der Waals surface area contributed by atoms with Crippen molar-refractivity contribution >= 4 is 41.0 Å². The maximum absolute atomic E-state index is 6.15. The average Bonchev–Trinajstić information content (AvgIpc) is 2.95. The zero-order valence-corrected chi connectivity index (χ0v) is 20.5. The topological polar surface area (TPSA) is 0 Å². The van der Waals surface area contributed by atoms with Crippen LogP contribution in [-0.4, -0.2) is 8.07 Å². The summed E-state index contributed by atoms with van der Waals surface area (Å²) >= 11 is 0. The van der Waals surface area contributed by atoms with Gasteiger partial charge in [-0.05, 0) is 37.9 Å². The summed E-state index contributed by atoms with van der Waals surface area (Å²) in [6.07, 6.45) is 10.5. The minimum Gasteiger partial charge on any atom is -0.115 e. The molecule has 5 aromatic carbocycles. The molecule has 0 bridgehead atoms. The number of rotatable bonds is 6. The van der Waals surface area contributed by atoms with E-state index in [0.717, 1.165) is 11.1 Å². The van der Waals surface area contributed by atoms with Crippen LogP contribution in [0.4, 0.5) is 0 Å². The maximum atomic E-state index is 6.15. The van der Waals surface area contributed by atoms with Gasteiger partial charge in [0.1, 0.15) is 0 Å². The first-order chi connectivity index (χ1) is 17.3. The fraction of sp³-hybridized carbons (Fsp3) is 0. The molecule has 0 saturated heterocycles. The van der Waals surface area contributed by atoms with Gasteiger partial charge in [-0.25, -0.2) is 0 Å². The van der Waals surface area contributed by atoms with Crippen LogP contribution in [0.15, 0.2) is 140 Å². The van der Waals surface area contributed by atoms with Gasteiger partial charge < -0.3 is 0 Å². The van der Waals surface area contributed by atoms with Crippen molar-refractivity contribution in [3.63, 3.8) is 0 Å². The summed E-state index contributed by atoms with van der Waals surface area (Å²) in [5, 5.41) is 5.19. The molecule has 0 heterocycles. The molecule has 0 nitrogen and oxygen atoms in total. The lowest BCUT2D eigenvalue weighted by Crippen LogP contribution is -2.75. The van der Waals surface area contributed by atoms with Crippen molar-refractivity contribution in [1.82, 2.24) is 0 Å². The predicted octanol–water partition coefficient (Wildman–Crippen LogP) is 5.22. The third-order valence-corrected chi connectivity index (χ3v) is 11.3. The molecule has 0 N–H and O–H groups in total. The molecule has 0 unspecified atom stereocenters. The highest BCUT2D eigenvalue weighted by molar-refractivity contribution is 7.20. The number of terminal acetylenes is 1. The normalized spacial score (nSPS) is 11.3. The second kappa shape index (κ2) is 10.3. The van der Waals surface area contributed by atoms with Gasteiger partial charge in [0, 0.05) is 5.56 Å². The van der Waals surface area contributed by atoms with E-state index < -0.39 is 8.07 Å². The Balaban J connectivity index is 1.82. The molecule has 0 atom stereocenters. The Bertz CT molecular complexity index is 1370. The molecule has 1 heteroatoms. The van der Waals surface area contributed by atoms with Crippen LogP contribution >= 0.6 is 0 Å². The summed E-state index contributed by atoms with van der Waals surface area (Å²) in [6, 6.07) is 49.6. The molecular weight excluding hydrogens is 436 g/mol. The number of benzene rings is 5. The molecule has 0 fully saturated rings. The first-order valence-corrected chi connectivity index (χ1v) is 13.8. The van der Waals surface area contributed by atoms with Crippen LogP contribution in [0.3, 0.4) is 0 Å². The molecule has 5 aromatic rings. The highest BCUT2D eigenvalue weighted by Crippen LogP contribution is 2.15. The van der Waals surface area contributed by atoms with E-state index in [0.29, 0.717) is 0 Å². The highest BCUT2D eigenvalue weighted by atomic mass is 28.3. The molecule has 0 amide bonds. The second-order valence-corrected chi connectivity index (χ2v) is 12.3. The van der Waals surface area contributed by atoms with Gasteiger partial charge in [-0.1, -0.05) is 152 Å². The third kappa shape index (κ3) is 4.40. The average molecular weight is 463 g/mol. The standard InChI is InChI=1S/C34H26Si/c1-2-30-26-25-29(24-23-28-15-7-3-8-16-28)27-34(30)35(31-17-9-4-10-18-31,32-19-11-5-12-20-32)33-21-13-6-14-22-33/h1,3-27H. The van der Waals surface area contributed by atoms with Crippen molar-refractivity contribution in [1.29, 1.82) is 0 Å². The van der Waals surface area contributed by atoms with Crippen LogP contribution in [-0.2, 0) is 0 Å². The van der Waals surface area contributed by atoms with Crippen molar-refractivity contribution in [3.05, 3.63) is 156 Å². The zero-order valence-electron chi connectivity index (χ0n) is 19.5. The van der Waals surface area contributed by atoms with Gasteiger partial charge in [0.25, 0.3) is 0 Å². The first kappa shape index (κ1) is 22.4. The van der Waals surface area contributed by atoms with E-state index in [1.54, 1.807) is 0 Å². The summed E-state index contributed by atoms with van der Waals surface area (Å²) < 4.78 is 0. The molecule has 0 saturated carbocycles. The van der Waals surface area contributed by atoms with Crippen LogP contribution < -0.4 is 20.7 Å². The summed E-state index contributed by atoms with van der Waals surface area (Å²) in [7, 11) is -2.68.